The van der Waals surface area contributed by atoms with Crippen LogP contribution in [0.25, 0.3) is 0 Å². The summed E-state index contributed by atoms with van der Waals surface area (Å²) in [5.41, 5.74) is -2.71. The monoisotopic (exact) mass is 810 g/mol. The largest absolute Gasteiger partial charge is 0.444 e. The molecule has 1 saturated carbocycles. The first-order chi connectivity index (χ1) is 26.4. The number of amides is 4. The van der Waals surface area contributed by atoms with Crippen LogP contribution >= 0.6 is 0 Å². The van der Waals surface area contributed by atoms with E-state index < -0.39 is 46.8 Å². The Bertz CT molecular complexity index is 1240. The number of nitrogens with zero attached hydrogens (tertiary/aromatic N) is 3. The number of carbonyl (C=O) groups excluding carboxylic acids is 4. The Balaban J connectivity index is 2.29. The molecule has 0 aromatic heterocycles. The second-order valence-electron chi connectivity index (χ2n) is 18.8. The fourth-order valence-electron chi connectivity index (χ4n) is 5.26. The van der Waals surface area contributed by atoms with Crippen molar-refractivity contribution in [3.63, 3.8) is 0 Å². The summed E-state index contributed by atoms with van der Waals surface area (Å²) in [6.45, 7) is 24.9. The Morgan fingerprint density at radius 2 is 0.877 bits per heavy atom. The quantitative estimate of drug-likeness (QED) is 0.0403. The topological polar surface area (TPSA) is 181 Å². The molecule has 1 aliphatic carbocycles. The molecule has 4 N–H and O–H groups in total. The van der Waals surface area contributed by atoms with Crippen molar-refractivity contribution in [2.24, 2.45) is 15.9 Å². The van der Waals surface area contributed by atoms with Crippen LogP contribution in [0.1, 0.15) is 173 Å². The summed E-state index contributed by atoms with van der Waals surface area (Å²) in [5.74, 6) is 0.581. The number of aliphatic imine (C=N–C) groups is 2. The van der Waals surface area contributed by atoms with Gasteiger partial charge in [-0.3, -0.25) is 25.9 Å². The third-order valence-electron chi connectivity index (χ3n) is 7.91. The smallest absolute Gasteiger partial charge is 0.417 e. The standard InChI is InChI=1S/C42H79N7O8/c1-39(2,3)54-35(50)46-33(47-36(51)55-40(4,5)6)44-29-23-19-15-13-17-21-27-43-28-22-18-14-16-20-24-30-45-34(48-37(52)56-41(7,8)9)49(31-32-25-26-32)38(53)57-42(10,11)12/h32,43H,13-31H2,1-12H3,(H,45,48,52)(H2,44,46,47,50,51). The molecule has 0 radical (unpaired) electrons. The third-order valence-corrected chi connectivity index (χ3v) is 7.91. The van der Waals surface area contributed by atoms with Gasteiger partial charge in [0.2, 0.25) is 11.9 Å². The summed E-state index contributed by atoms with van der Waals surface area (Å²) in [7, 11) is 0. The minimum absolute atomic E-state index is 0.0168. The maximum Gasteiger partial charge on any atom is 0.417 e. The van der Waals surface area contributed by atoms with Crippen molar-refractivity contribution < 1.29 is 38.1 Å². The Labute approximate surface area is 344 Å². The van der Waals surface area contributed by atoms with Crippen molar-refractivity contribution in [3.8, 4) is 0 Å². The Hall–Kier alpha value is -3.62. The molecule has 0 heterocycles. The van der Waals surface area contributed by atoms with Crippen LogP contribution in [0.5, 0.6) is 0 Å². The van der Waals surface area contributed by atoms with Crippen LogP contribution in [0.4, 0.5) is 19.2 Å². The molecular weight excluding hydrogens is 731 g/mol. The van der Waals surface area contributed by atoms with Crippen LogP contribution in [-0.4, -0.2) is 96.3 Å². The summed E-state index contributed by atoms with van der Waals surface area (Å²) in [5, 5.41) is 11.3. The van der Waals surface area contributed by atoms with Gasteiger partial charge in [-0.05, 0) is 141 Å². The molecule has 15 heteroatoms. The first kappa shape index (κ1) is 51.4. The average molecular weight is 810 g/mol. The van der Waals surface area contributed by atoms with Gasteiger partial charge in [0.15, 0.2) is 0 Å². The van der Waals surface area contributed by atoms with Crippen LogP contribution in [0.3, 0.4) is 0 Å². The van der Waals surface area contributed by atoms with Gasteiger partial charge in [-0.2, -0.15) is 0 Å². The van der Waals surface area contributed by atoms with E-state index in [1.54, 1.807) is 62.3 Å². The van der Waals surface area contributed by atoms with Gasteiger partial charge in [0.25, 0.3) is 0 Å². The van der Waals surface area contributed by atoms with E-state index in [1.165, 1.54) is 11.3 Å². The molecule has 57 heavy (non-hydrogen) atoms. The molecule has 15 nitrogen and oxygen atoms in total. The summed E-state index contributed by atoms with van der Waals surface area (Å²) >= 11 is 0. The van der Waals surface area contributed by atoms with Gasteiger partial charge in [0, 0.05) is 19.6 Å². The van der Waals surface area contributed by atoms with Crippen LogP contribution in [0, 0.1) is 5.92 Å². The van der Waals surface area contributed by atoms with Gasteiger partial charge in [0.1, 0.15) is 22.4 Å². The highest BCUT2D eigenvalue weighted by Crippen LogP contribution is 2.30. The maximum atomic E-state index is 13.1. The molecule has 0 aromatic carbocycles. The number of ether oxygens (including phenoxy) is 4. The summed E-state index contributed by atoms with van der Waals surface area (Å²) in [4.78, 5) is 60.8. The molecule has 330 valence electrons. The number of nitrogens with one attached hydrogen (secondary N) is 4. The van der Waals surface area contributed by atoms with Crippen molar-refractivity contribution in [3.05, 3.63) is 0 Å². The molecule has 0 saturated heterocycles. The van der Waals surface area contributed by atoms with Crippen molar-refractivity contribution >= 4 is 36.3 Å². The number of rotatable bonds is 20. The molecule has 1 rings (SSSR count). The maximum absolute atomic E-state index is 13.1. The lowest BCUT2D eigenvalue weighted by Gasteiger charge is -2.29. The molecule has 0 aromatic rings. The van der Waals surface area contributed by atoms with Gasteiger partial charge < -0.3 is 24.3 Å². The normalized spacial score (nSPS) is 13.6. The van der Waals surface area contributed by atoms with E-state index >= 15 is 0 Å². The van der Waals surface area contributed by atoms with Gasteiger partial charge in [-0.1, -0.05) is 51.4 Å². The molecule has 1 aliphatic rings. The van der Waals surface area contributed by atoms with E-state index in [-0.39, 0.29) is 11.9 Å². The predicted molar refractivity (Wildman–Crippen MR) is 227 cm³/mol. The second-order valence-corrected chi connectivity index (χ2v) is 18.8. The molecule has 4 amide bonds. The molecule has 0 bridgehead atoms. The number of hydrogen-bond acceptors (Lipinski definition) is 11. The van der Waals surface area contributed by atoms with E-state index in [9.17, 15) is 19.2 Å². The minimum Gasteiger partial charge on any atom is -0.444 e. The zero-order valence-electron chi connectivity index (χ0n) is 37.6. The molecule has 0 spiro atoms. The van der Waals surface area contributed by atoms with Crippen LogP contribution in [0.15, 0.2) is 9.98 Å². The van der Waals surface area contributed by atoms with Gasteiger partial charge in [0.05, 0.1) is 0 Å². The zero-order chi connectivity index (χ0) is 43.1. The predicted octanol–water partition coefficient (Wildman–Crippen LogP) is 9.19. The minimum atomic E-state index is -0.694. The SMILES string of the molecule is CC(C)(C)OC(=O)NC(=NCCCCCCCCNCCCCCCCCN=C(NC(=O)OC(C)(C)C)N(CC1CC1)C(=O)OC(C)(C)C)NC(=O)OC(C)(C)C. The fraction of sp³-hybridized carbons (Fsp3) is 0.857. The van der Waals surface area contributed by atoms with Crippen molar-refractivity contribution in [1.29, 1.82) is 0 Å². The van der Waals surface area contributed by atoms with Crippen LogP contribution in [-0.2, 0) is 18.9 Å². The number of alkyl carbamates (subject to hydrolysis) is 3. The molecule has 0 atom stereocenters. The van der Waals surface area contributed by atoms with E-state index in [2.05, 4.69) is 31.3 Å². The van der Waals surface area contributed by atoms with Crippen LogP contribution < -0.4 is 21.3 Å². The Kier molecular flexibility index (Phi) is 23.2. The molecule has 0 aliphatic heterocycles. The van der Waals surface area contributed by atoms with Crippen molar-refractivity contribution in [2.45, 2.75) is 195 Å². The zero-order valence-corrected chi connectivity index (χ0v) is 37.6. The Morgan fingerprint density at radius 3 is 1.28 bits per heavy atom. The lowest BCUT2D eigenvalue weighted by Crippen LogP contribution is -2.50. The van der Waals surface area contributed by atoms with Gasteiger partial charge in [-0.15, -0.1) is 0 Å². The van der Waals surface area contributed by atoms with Crippen molar-refractivity contribution in [2.75, 3.05) is 32.7 Å². The first-order valence-corrected chi connectivity index (χ1v) is 21.2. The highest BCUT2D eigenvalue weighted by molar-refractivity contribution is 6.02. The number of guanidine groups is 2. The second kappa shape index (κ2) is 25.7. The lowest BCUT2D eigenvalue weighted by atomic mass is 10.1. The van der Waals surface area contributed by atoms with E-state index in [0.29, 0.717) is 25.6 Å². The average Bonchev–Trinajstić information content (AvgIpc) is 3.85. The summed E-state index contributed by atoms with van der Waals surface area (Å²) in [6.07, 6.45) is 12.3. The number of unbranched alkanes of at least 4 members (excludes halogenated alkanes) is 10. The molecule has 1 fully saturated rings. The highest BCUT2D eigenvalue weighted by atomic mass is 16.6. The lowest BCUT2D eigenvalue weighted by molar-refractivity contribution is 0.0350. The van der Waals surface area contributed by atoms with Crippen LogP contribution in [0.2, 0.25) is 0 Å². The van der Waals surface area contributed by atoms with Crippen molar-refractivity contribution in [1.82, 2.24) is 26.2 Å². The van der Waals surface area contributed by atoms with E-state index in [1.807, 2.05) is 20.8 Å². The summed E-state index contributed by atoms with van der Waals surface area (Å²) in [6, 6.07) is 0. The van der Waals surface area contributed by atoms with Gasteiger partial charge in [-0.25, -0.2) is 24.1 Å². The van der Waals surface area contributed by atoms with E-state index in [0.717, 1.165) is 96.6 Å². The summed E-state index contributed by atoms with van der Waals surface area (Å²) < 4.78 is 21.7. The van der Waals surface area contributed by atoms with E-state index in [4.69, 9.17) is 18.9 Å². The third kappa shape index (κ3) is 31.1. The number of carbonyl (C=O) groups is 4. The van der Waals surface area contributed by atoms with Gasteiger partial charge >= 0.3 is 24.4 Å². The molecule has 0 unspecified atom stereocenters. The number of hydrogen-bond donors (Lipinski definition) is 4. The molecular formula is C42H79N7O8. The Morgan fingerprint density at radius 1 is 0.509 bits per heavy atom. The fourth-order valence-corrected chi connectivity index (χ4v) is 5.26. The first-order valence-electron chi connectivity index (χ1n) is 21.2. The highest BCUT2D eigenvalue weighted by Gasteiger charge is 2.34.